The van der Waals surface area contributed by atoms with Crippen LogP contribution in [0.1, 0.15) is 0 Å². The molecule has 0 saturated carbocycles. The van der Waals surface area contributed by atoms with Gasteiger partial charge in [0, 0.05) is 13.1 Å². The fourth-order valence-corrected chi connectivity index (χ4v) is 2.32. The van der Waals surface area contributed by atoms with Crippen LogP contribution in [0.4, 0.5) is 0 Å². The second-order valence-electron chi connectivity index (χ2n) is 2.00. The lowest BCUT2D eigenvalue weighted by Gasteiger charge is -2.26. The van der Waals surface area contributed by atoms with Crippen molar-refractivity contribution >= 4 is 28.5 Å². The Hall–Kier alpha value is 0.730. The molecule has 1 heterocycles. The molecule has 3 nitrogen and oxygen atoms in total. The summed E-state index contributed by atoms with van der Waals surface area (Å²) in [5.74, 6) is -3.04. The van der Waals surface area contributed by atoms with E-state index in [2.05, 4.69) is 0 Å². The molecule has 6 heteroatoms. The summed E-state index contributed by atoms with van der Waals surface area (Å²) >= 11 is 10.8. The molecular formula is C4H8Cl2NO2P. The molecule has 1 fully saturated rings. The molecule has 0 aromatic carbocycles. The average molecular weight is 204 g/mol. The molecule has 0 amide bonds. The van der Waals surface area contributed by atoms with Crippen LogP contribution in [0.25, 0.3) is 0 Å². The molecule has 0 N–H and O–H groups in total. The third-order valence-electron chi connectivity index (χ3n) is 1.32. The molecule has 0 spiro atoms. The predicted molar refractivity (Wildman–Crippen MR) is 41.7 cm³/mol. The maximum atomic E-state index is 11.0. The van der Waals surface area contributed by atoms with Crippen molar-refractivity contribution in [2.45, 2.75) is 0 Å². The molecule has 0 atom stereocenters. The Labute approximate surface area is 69.2 Å². The summed E-state index contributed by atoms with van der Waals surface area (Å²) in [7, 11) is 0. The number of rotatable bonds is 1. The molecule has 0 unspecified atom stereocenters. The lowest BCUT2D eigenvalue weighted by molar-refractivity contribution is 0.0739. The van der Waals surface area contributed by atoms with Crippen LogP contribution in [0.5, 0.6) is 0 Å². The highest BCUT2D eigenvalue weighted by Gasteiger charge is 2.26. The minimum atomic E-state index is -3.04. The van der Waals surface area contributed by atoms with Crippen molar-refractivity contribution in [2.24, 2.45) is 0 Å². The van der Waals surface area contributed by atoms with Gasteiger partial charge in [-0.05, 0) is 22.5 Å². The van der Waals surface area contributed by atoms with Gasteiger partial charge in [-0.3, -0.25) is 4.57 Å². The molecule has 1 saturated heterocycles. The summed E-state index contributed by atoms with van der Waals surface area (Å²) in [4.78, 5) is 0. The van der Waals surface area contributed by atoms with E-state index in [0.29, 0.717) is 26.3 Å². The molecular weight excluding hydrogens is 196 g/mol. The fraction of sp³-hybridized carbons (Fsp3) is 1.00. The largest absolute Gasteiger partial charge is 0.379 e. The lowest BCUT2D eigenvalue weighted by Crippen LogP contribution is -2.31. The first-order chi connectivity index (χ1) is 4.61. The fourth-order valence-electron chi connectivity index (χ4n) is 0.787. The predicted octanol–water partition coefficient (Wildman–Crippen LogP) is 1.90. The van der Waals surface area contributed by atoms with Crippen LogP contribution in [-0.2, 0) is 9.30 Å². The number of morpholine rings is 1. The van der Waals surface area contributed by atoms with Crippen molar-refractivity contribution in [3.05, 3.63) is 0 Å². The van der Waals surface area contributed by atoms with Gasteiger partial charge in [-0.25, -0.2) is 4.67 Å². The summed E-state index contributed by atoms with van der Waals surface area (Å²) in [6, 6.07) is 0. The van der Waals surface area contributed by atoms with Crippen LogP contribution in [0.2, 0.25) is 0 Å². The maximum absolute atomic E-state index is 11.0. The number of hydrogen-bond acceptors (Lipinski definition) is 2. The minimum absolute atomic E-state index is 0.559. The number of hydrogen-bond donors (Lipinski definition) is 0. The molecule has 1 rings (SSSR count). The van der Waals surface area contributed by atoms with Gasteiger partial charge in [0.2, 0.25) is 0 Å². The summed E-state index contributed by atoms with van der Waals surface area (Å²) in [5, 5.41) is 0. The lowest BCUT2D eigenvalue weighted by atomic mass is 10.5. The van der Waals surface area contributed by atoms with E-state index >= 15 is 0 Å². The van der Waals surface area contributed by atoms with Crippen LogP contribution >= 0.6 is 28.5 Å². The van der Waals surface area contributed by atoms with Gasteiger partial charge in [0.05, 0.1) is 13.2 Å². The van der Waals surface area contributed by atoms with Crippen molar-refractivity contribution in [3.63, 3.8) is 0 Å². The summed E-state index contributed by atoms with van der Waals surface area (Å²) < 4.78 is 17.5. The van der Waals surface area contributed by atoms with Gasteiger partial charge in [0.25, 0.3) is 0 Å². The van der Waals surface area contributed by atoms with Crippen molar-refractivity contribution in [2.75, 3.05) is 26.3 Å². The van der Waals surface area contributed by atoms with Crippen molar-refractivity contribution < 1.29 is 9.30 Å². The van der Waals surface area contributed by atoms with Crippen LogP contribution in [0.3, 0.4) is 0 Å². The zero-order valence-corrected chi connectivity index (χ0v) is 7.70. The highest BCUT2D eigenvalue weighted by Crippen LogP contribution is 2.59. The van der Waals surface area contributed by atoms with E-state index in [1.807, 2.05) is 0 Å². The standard InChI is InChI=1S/C4H8Cl2NO2P/c5-10(6,8)7-1-3-9-4-2-7/h1-4H2. The van der Waals surface area contributed by atoms with Crippen molar-refractivity contribution in [1.29, 1.82) is 0 Å². The molecule has 0 aromatic rings. The Bertz CT molecular complexity index is 153. The van der Waals surface area contributed by atoms with Crippen LogP contribution in [0, 0.1) is 0 Å². The van der Waals surface area contributed by atoms with Gasteiger partial charge < -0.3 is 4.74 Å². The van der Waals surface area contributed by atoms with Crippen LogP contribution in [-0.4, -0.2) is 31.0 Å². The third-order valence-corrected chi connectivity index (χ3v) is 3.66. The van der Waals surface area contributed by atoms with Crippen LogP contribution in [0.15, 0.2) is 0 Å². The number of ether oxygens (including phenoxy) is 1. The van der Waals surface area contributed by atoms with Crippen molar-refractivity contribution in [3.8, 4) is 0 Å². The van der Waals surface area contributed by atoms with E-state index in [4.69, 9.17) is 27.2 Å². The highest BCUT2D eigenvalue weighted by molar-refractivity contribution is 8.06. The quantitative estimate of drug-likeness (QED) is 0.611. The molecule has 60 valence electrons. The second kappa shape index (κ2) is 3.42. The zero-order valence-electron chi connectivity index (χ0n) is 5.30. The number of halogens is 2. The number of nitrogens with zero attached hydrogens (tertiary/aromatic N) is 1. The topological polar surface area (TPSA) is 29.5 Å². The molecule has 10 heavy (non-hydrogen) atoms. The molecule has 0 aromatic heterocycles. The monoisotopic (exact) mass is 203 g/mol. The van der Waals surface area contributed by atoms with Gasteiger partial charge in [0.15, 0.2) is 0 Å². The van der Waals surface area contributed by atoms with Gasteiger partial charge in [-0.1, -0.05) is 0 Å². The highest BCUT2D eigenvalue weighted by atomic mass is 35.9. The van der Waals surface area contributed by atoms with E-state index in [9.17, 15) is 4.57 Å². The maximum Gasteiger partial charge on any atom is 0.322 e. The van der Waals surface area contributed by atoms with Gasteiger partial charge >= 0.3 is 6.00 Å². The molecule has 1 aliphatic heterocycles. The Kier molecular flexibility index (Phi) is 3.02. The summed E-state index contributed by atoms with van der Waals surface area (Å²) in [6.07, 6.45) is 0. The summed E-state index contributed by atoms with van der Waals surface area (Å²) in [5.41, 5.74) is 0. The normalized spacial score (nSPS) is 23.0. The Morgan fingerprint density at radius 2 is 1.80 bits per heavy atom. The van der Waals surface area contributed by atoms with Gasteiger partial charge in [0.1, 0.15) is 0 Å². The van der Waals surface area contributed by atoms with E-state index in [1.165, 1.54) is 0 Å². The first-order valence-electron chi connectivity index (χ1n) is 2.93. The van der Waals surface area contributed by atoms with Gasteiger partial charge in [-0.15, -0.1) is 0 Å². The van der Waals surface area contributed by atoms with Gasteiger partial charge in [-0.2, -0.15) is 0 Å². The summed E-state index contributed by atoms with van der Waals surface area (Å²) in [6.45, 7) is 2.24. The third kappa shape index (κ3) is 2.40. The molecule has 1 aliphatic rings. The average Bonchev–Trinajstić information content (AvgIpc) is 1.88. The van der Waals surface area contributed by atoms with E-state index in [1.54, 1.807) is 4.67 Å². The Morgan fingerprint density at radius 1 is 1.30 bits per heavy atom. The van der Waals surface area contributed by atoms with E-state index < -0.39 is 6.00 Å². The van der Waals surface area contributed by atoms with E-state index in [0.717, 1.165) is 0 Å². The SMILES string of the molecule is O=P(Cl)(Cl)N1CCOCC1. The van der Waals surface area contributed by atoms with E-state index in [-0.39, 0.29) is 0 Å². The van der Waals surface area contributed by atoms with Crippen molar-refractivity contribution in [1.82, 2.24) is 4.67 Å². The Balaban J connectivity index is 2.47. The first kappa shape index (κ1) is 8.82. The zero-order chi connectivity index (χ0) is 7.61. The minimum Gasteiger partial charge on any atom is -0.379 e. The van der Waals surface area contributed by atoms with Crippen LogP contribution < -0.4 is 0 Å². The molecule has 0 radical (unpaired) electrons. The second-order valence-corrected chi connectivity index (χ2v) is 6.70. The Morgan fingerprint density at radius 3 is 2.10 bits per heavy atom. The smallest absolute Gasteiger partial charge is 0.322 e. The molecule has 0 bridgehead atoms. The first-order valence-corrected chi connectivity index (χ1v) is 6.40. The molecule has 0 aliphatic carbocycles.